The number of rotatable bonds is 4. The molecule has 0 saturated heterocycles. The zero-order valence-electron chi connectivity index (χ0n) is 10.2. The van der Waals surface area contributed by atoms with Crippen molar-refractivity contribution in [1.29, 1.82) is 0 Å². The highest BCUT2D eigenvalue weighted by Crippen LogP contribution is 2.25. The predicted octanol–water partition coefficient (Wildman–Crippen LogP) is 3.83. The maximum Gasteiger partial charge on any atom is 0.170 e. The fourth-order valence-electron chi connectivity index (χ4n) is 1.50. The molecule has 2 rings (SSSR count). The van der Waals surface area contributed by atoms with Crippen molar-refractivity contribution in [2.24, 2.45) is 0 Å². The summed E-state index contributed by atoms with van der Waals surface area (Å²) in [6.07, 6.45) is 3.33. The minimum Gasteiger partial charge on any atom is -0.361 e. The van der Waals surface area contributed by atoms with Crippen molar-refractivity contribution in [3.05, 3.63) is 45.7 Å². The fraction of sp³-hybridized carbons (Fsp3) is 0.167. The van der Waals surface area contributed by atoms with Crippen LogP contribution < -0.4 is 10.6 Å². The van der Waals surface area contributed by atoms with Gasteiger partial charge in [0.1, 0.15) is 0 Å². The first-order valence-corrected chi connectivity index (χ1v) is 7.26. The van der Waals surface area contributed by atoms with Gasteiger partial charge in [-0.3, -0.25) is 4.68 Å². The molecule has 0 amide bonds. The van der Waals surface area contributed by atoms with Crippen LogP contribution in [0, 0.1) is 0 Å². The Kier molecular flexibility index (Phi) is 5.48. The van der Waals surface area contributed by atoms with Crippen LogP contribution in [0.1, 0.15) is 0 Å². The number of hydrogen-bond acceptors (Lipinski definition) is 2. The second-order valence-electron chi connectivity index (χ2n) is 3.93. The van der Waals surface area contributed by atoms with Crippen molar-refractivity contribution >= 4 is 57.8 Å². The number of thiocarbonyl (C=S) groups is 1. The molecule has 0 spiro atoms. The van der Waals surface area contributed by atoms with E-state index in [0.717, 1.165) is 0 Å². The average Bonchev–Trinajstić information content (AvgIpc) is 2.79. The van der Waals surface area contributed by atoms with E-state index in [-0.39, 0.29) is 0 Å². The summed E-state index contributed by atoms with van der Waals surface area (Å²) in [5, 5.41) is 12.3. The van der Waals surface area contributed by atoms with E-state index in [1.54, 1.807) is 35.3 Å². The lowest BCUT2D eigenvalue weighted by Crippen LogP contribution is -2.31. The third kappa shape index (κ3) is 4.52. The molecule has 0 aliphatic rings. The average molecular weight is 350 g/mol. The molecule has 4 nitrogen and oxygen atoms in total. The van der Waals surface area contributed by atoms with Gasteiger partial charge in [-0.2, -0.15) is 5.10 Å². The summed E-state index contributed by atoms with van der Waals surface area (Å²) in [7, 11) is 0. The van der Waals surface area contributed by atoms with Gasteiger partial charge in [0.15, 0.2) is 5.11 Å². The van der Waals surface area contributed by atoms with Gasteiger partial charge in [-0.1, -0.05) is 34.8 Å². The molecule has 0 unspecified atom stereocenters. The van der Waals surface area contributed by atoms with Crippen LogP contribution in [-0.4, -0.2) is 21.4 Å². The number of hydrogen-bond donors (Lipinski definition) is 2. The zero-order chi connectivity index (χ0) is 14.5. The molecule has 106 valence electrons. The van der Waals surface area contributed by atoms with Gasteiger partial charge >= 0.3 is 0 Å². The fourth-order valence-corrected chi connectivity index (χ4v) is 2.33. The quantitative estimate of drug-likeness (QED) is 0.823. The van der Waals surface area contributed by atoms with Crippen LogP contribution in [0.3, 0.4) is 0 Å². The van der Waals surface area contributed by atoms with E-state index < -0.39 is 0 Å². The Bertz CT molecular complexity index is 614. The molecule has 0 aliphatic carbocycles. The van der Waals surface area contributed by atoms with Crippen LogP contribution in [0.2, 0.25) is 15.1 Å². The summed E-state index contributed by atoms with van der Waals surface area (Å²) >= 11 is 22.8. The molecule has 2 N–H and O–H groups in total. The summed E-state index contributed by atoms with van der Waals surface area (Å²) in [6.45, 7) is 1.28. The van der Waals surface area contributed by atoms with Crippen LogP contribution >= 0.6 is 47.0 Å². The number of benzene rings is 1. The lowest BCUT2D eigenvalue weighted by atomic mass is 10.3. The van der Waals surface area contributed by atoms with Gasteiger partial charge in [0.2, 0.25) is 0 Å². The van der Waals surface area contributed by atoms with Gasteiger partial charge in [0.05, 0.1) is 28.5 Å². The Balaban J connectivity index is 1.80. The van der Waals surface area contributed by atoms with Crippen LogP contribution in [-0.2, 0) is 6.54 Å². The number of halogens is 3. The summed E-state index contributed by atoms with van der Waals surface area (Å²) in [4.78, 5) is 0. The lowest BCUT2D eigenvalue weighted by molar-refractivity contribution is 0.604. The molecule has 0 atom stereocenters. The van der Waals surface area contributed by atoms with Gasteiger partial charge in [0.25, 0.3) is 0 Å². The minimum atomic E-state index is 0.479. The topological polar surface area (TPSA) is 41.9 Å². The van der Waals surface area contributed by atoms with Crippen molar-refractivity contribution in [1.82, 2.24) is 15.1 Å². The molecule has 8 heteroatoms. The number of anilines is 1. The normalized spacial score (nSPS) is 10.3. The van der Waals surface area contributed by atoms with Gasteiger partial charge < -0.3 is 10.6 Å². The Morgan fingerprint density at radius 2 is 2.05 bits per heavy atom. The molecule has 20 heavy (non-hydrogen) atoms. The highest BCUT2D eigenvalue weighted by atomic mass is 35.5. The molecule has 1 aromatic carbocycles. The molecule has 0 saturated carbocycles. The molecule has 2 aromatic rings. The highest BCUT2D eigenvalue weighted by molar-refractivity contribution is 7.80. The Morgan fingerprint density at radius 3 is 2.70 bits per heavy atom. The number of nitrogens with one attached hydrogen (secondary N) is 2. The third-order valence-corrected chi connectivity index (χ3v) is 3.40. The lowest BCUT2D eigenvalue weighted by Gasteiger charge is -2.11. The molecular formula is C12H11Cl3N4S. The van der Waals surface area contributed by atoms with Gasteiger partial charge in [-0.25, -0.2) is 0 Å². The van der Waals surface area contributed by atoms with Gasteiger partial charge in [0, 0.05) is 17.8 Å². The van der Waals surface area contributed by atoms with Crippen molar-refractivity contribution in [2.45, 2.75) is 6.54 Å². The monoisotopic (exact) mass is 348 g/mol. The van der Waals surface area contributed by atoms with Crippen molar-refractivity contribution in [2.75, 3.05) is 11.9 Å². The molecule has 0 radical (unpaired) electrons. The van der Waals surface area contributed by atoms with Gasteiger partial charge in [-0.15, -0.1) is 0 Å². The van der Waals surface area contributed by atoms with Crippen molar-refractivity contribution in [3.8, 4) is 0 Å². The molecular weight excluding hydrogens is 339 g/mol. The molecule has 0 fully saturated rings. The third-order valence-electron chi connectivity index (χ3n) is 2.41. The predicted molar refractivity (Wildman–Crippen MR) is 87.9 cm³/mol. The first-order valence-electron chi connectivity index (χ1n) is 5.72. The van der Waals surface area contributed by atoms with E-state index in [1.165, 1.54) is 0 Å². The second-order valence-corrected chi connectivity index (χ2v) is 5.62. The van der Waals surface area contributed by atoms with E-state index >= 15 is 0 Å². The maximum atomic E-state index is 6.04. The molecule has 0 bridgehead atoms. The molecule has 0 aliphatic heterocycles. The second kappa shape index (κ2) is 7.13. The van der Waals surface area contributed by atoms with E-state index in [1.807, 2.05) is 0 Å². The maximum absolute atomic E-state index is 6.04. The zero-order valence-corrected chi connectivity index (χ0v) is 13.3. The van der Waals surface area contributed by atoms with E-state index in [9.17, 15) is 0 Å². The summed E-state index contributed by atoms with van der Waals surface area (Å²) in [6, 6.07) is 5.16. The first kappa shape index (κ1) is 15.4. The van der Waals surface area contributed by atoms with E-state index in [4.69, 9.17) is 47.0 Å². The van der Waals surface area contributed by atoms with Crippen molar-refractivity contribution in [3.63, 3.8) is 0 Å². The summed E-state index contributed by atoms with van der Waals surface area (Å²) in [5.41, 5.74) is 0.704. The van der Waals surface area contributed by atoms with Crippen LogP contribution in [0.5, 0.6) is 0 Å². The van der Waals surface area contributed by atoms with E-state index in [2.05, 4.69) is 15.7 Å². The largest absolute Gasteiger partial charge is 0.361 e. The van der Waals surface area contributed by atoms with Crippen LogP contribution in [0.15, 0.2) is 30.6 Å². The van der Waals surface area contributed by atoms with Gasteiger partial charge in [-0.05, 0) is 30.4 Å². The van der Waals surface area contributed by atoms with Crippen LogP contribution in [0.25, 0.3) is 0 Å². The first-order chi connectivity index (χ1) is 9.54. The standard InChI is InChI=1S/C12H11Cl3N4S/c13-8-1-2-11(10(15)5-8)18-12(20)16-3-4-19-7-9(14)6-17-19/h1-2,5-7H,3-4H2,(H2,16,18,20). The molecule has 1 heterocycles. The van der Waals surface area contributed by atoms with E-state index in [0.29, 0.717) is 39.0 Å². The summed E-state index contributed by atoms with van der Waals surface area (Å²) in [5.74, 6) is 0. The Morgan fingerprint density at radius 1 is 1.25 bits per heavy atom. The SMILES string of the molecule is S=C(NCCn1cc(Cl)cn1)Nc1ccc(Cl)cc1Cl. The summed E-state index contributed by atoms with van der Waals surface area (Å²) < 4.78 is 1.73. The Hall–Kier alpha value is -1.01. The Labute approximate surface area is 137 Å². The highest BCUT2D eigenvalue weighted by Gasteiger charge is 2.03. The smallest absolute Gasteiger partial charge is 0.170 e. The van der Waals surface area contributed by atoms with Crippen molar-refractivity contribution < 1.29 is 0 Å². The number of aromatic nitrogens is 2. The van der Waals surface area contributed by atoms with Crippen LogP contribution in [0.4, 0.5) is 5.69 Å². The number of nitrogens with zero attached hydrogens (tertiary/aromatic N) is 2. The minimum absolute atomic E-state index is 0.479. The molecule has 1 aromatic heterocycles.